The van der Waals surface area contributed by atoms with Crippen LogP contribution in [0.3, 0.4) is 0 Å². The van der Waals surface area contributed by atoms with Crippen LogP contribution in [0.2, 0.25) is 0 Å². The van der Waals surface area contributed by atoms with E-state index in [4.69, 9.17) is 0 Å². The molecule has 3 nitrogen and oxygen atoms in total. The van der Waals surface area contributed by atoms with Crippen LogP contribution in [0.25, 0.3) is 10.9 Å². The Balaban J connectivity index is 2.80. The highest BCUT2D eigenvalue weighted by Gasteiger charge is 2.11. The fraction of sp³-hybridized carbons (Fsp3) is 0.273. The van der Waals surface area contributed by atoms with Gasteiger partial charge in [-0.15, -0.1) is 0 Å². The zero-order valence-electron chi connectivity index (χ0n) is 8.57. The number of hydrogen-bond acceptors (Lipinski definition) is 2. The first-order chi connectivity index (χ1) is 7.13. The van der Waals surface area contributed by atoms with E-state index in [1.165, 1.54) is 0 Å². The minimum atomic E-state index is 0.252. The lowest BCUT2D eigenvalue weighted by Crippen LogP contribution is -2.02. The molecule has 0 radical (unpaired) electrons. The summed E-state index contributed by atoms with van der Waals surface area (Å²) < 4.78 is 2.83. The molecule has 1 aromatic heterocycles. The highest BCUT2D eigenvalue weighted by atomic mass is 79.9. The third kappa shape index (κ3) is 1.69. The lowest BCUT2D eigenvalue weighted by Gasteiger charge is -2.06. The van der Waals surface area contributed by atoms with E-state index in [0.29, 0.717) is 5.69 Å². The van der Waals surface area contributed by atoms with Crippen molar-refractivity contribution < 1.29 is 4.79 Å². The van der Waals surface area contributed by atoms with Crippen molar-refractivity contribution in [3.05, 3.63) is 28.4 Å². The first-order valence-corrected chi connectivity index (χ1v) is 5.55. The van der Waals surface area contributed by atoms with Crippen LogP contribution < -0.4 is 0 Å². The van der Waals surface area contributed by atoms with Gasteiger partial charge in [-0.1, -0.05) is 15.9 Å². The normalized spacial score (nSPS) is 11.2. The molecular weight excluding hydrogens is 256 g/mol. The molecule has 0 fully saturated rings. The number of hydrogen-bond donors (Lipinski definition) is 0. The molecule has 2 aromatic rings. The predicted octanol–water partition coefficient (Wildman–Crippen LogP) is 3.19. The maximum Gasteiger partial charge on any atom is 0.170 e. The second-order valence-electron chi connectivity index (χ2n) is 3.70. The minimum Gasteiger partial charge on any atom is -0.296 e. The number of fused-ring (bicyclic) bond motifs is 1. The molecule has 15 heavy (non-hydrogen) atoms. The van der Waals surface area contributed by atoms with Crippen LogP contribution in [0, 0.1) is 0 Å². The molecule has 0 bridgehead atoms. The van der Waals surface area contributed by atoms with Crippen molar-refractivity contribution in [2.75, 3.05) is 0 Å². The second kappa shape index (κ2) is 3.77. The molecule has 2 rings (SSSR count). The summed E-state index contributed by atoms with van der Waals surface area (Å²) in [5.74, 6) is 0. The molecule has 0 unspecified atom stereocenters. The third-order valence-corrected chi connectivity index (χ3v) is 2.79. The van der Waals surface area contributed by atoms with E-state index in [1.54, 1.807) is 0 Å². The van der Waals surface area contributed by atoms with Crippen LogP contribution in [-0.4, -0.2) is 16.1 Å². The molecule has 78 valence electrons. The highest BCUT2D eigenvalue weighted by molar-refractivity contribution is 9.10. The number of benzene rings is 1. The first kappa shape index (κ1) is 10.4. The van der Waals surface area contributed by atoms with Crippen molar-refractivity contribution in [3.8, 4) is 0 Å². The predicted molar refractivity (Wildman–Crippen MR) is 63.2 cm³/mol. The third-order valence-electron chi connectivity index (χ3n) is 2.30. The fourth-order valence-corrected chi connectivity index (χ4v) is 1.98. The summed E-state index contributed by atoms with van der Waals surface area (Å²) in [4.78, 5) is 10.9. The summed E-state index contributed by atoms with van der Waals surface area (Å²) in [5.41, 5.74) is 1.50. The first-order valence-electron chi connectivity index (χ1n) is 4.76. The Kier molecular flexibility index (Phi) is 2.61. The van der Waals surface area contributed by atoms with Crippen LogP contribution in [0.4, 0.5) is 0 Å². The molecule has 0 aliphatic rings. The van der Waals surface area contributed by atoms with E-state index in [1.807, 2.05) is 36.7 Å². The van der Waals surface area contributed by atoms with Crippen molar-refractivity contribution >= 4 is 33.1 Å². The Morgan fingerprint density at radius 1 is 1.47 bits per heavy atom. The molecule has 0 saturated heterocycles. The second-order valence-corrected chi connectivity index (χ2v) is 4.62. The van der Waals surface area contributed by atoms with Crippen LogP contribution in [0.5, 0.6) is 0 Å². The van der Waals surface area contributed by atoms with Gasteiger partial charge < -0.3 is 0 Å². The monoisotopic (exact) mass is 266 g/mol. The van der Waals surface area contributed by atoms with Crippen molar-refractivity contribution in [2.45, 2.75) is 19.9 Å². The number of carbonyl (C=O) groups excluding carboxylic acids is 1. The quantitative estimate of drug-likeness (QED) is 0.783. The minimum absolute atomic E-state index is 0.252. The molecule has 0 spiro atoms. The van der Waals surface area contributed by atoms with Gasteiger partial charge in [-0.05, 0) is 32.0 Å². The number of rotatable bonds is 2. The van der Waals surface area contributed by atoms with Crippen LogP contribution >= 0.6 is 15.9 Å². The molecule has 0 atom stereocenters. The molecule has 0 N–H and O–H groups in total. The number of aromatic nitrogens is 2. The van der Waals surface area contributed by atoms with E-state index in [0.717, 1.165) is 21.7 Å². The summed E-state index contributed by atoms with van der Waals surface area (Å²) in [6.45, 7) is 4.09. The van der Waals surface area contributed by atoms with Gasteiger partial charge in [0.15, 0.2) is 6.29 Å². The van der Waals surface area contributed by atoms with Gasteiger partial charge in [0.2, 0.25) is 0 Å². The highest BCUT2D eigenvalue weighted by Crippen LogP contribution is 2.24. The Morgan fingerprint density at radius 2 is 2.20 bits per heavy atom. The van der Waals surface area contributed by atoms with Crippen LogP contribution in [0.1, 0.15) is 30.4 Å². The summed E-state index contributed by atoms with van der Waals surface area (Å²) in [5, 5.41) is 5.17. The summed E-state index contributed by atoms with van der Waals surface area (Å²) in [6, 6.07) is 6.10. The number of nitrogens with zero attached hydrogens (tertiary/aromatic N) is 2. The molecular formula is C11H11BrN2O. The van der Waals surface area contributed by atoms with Gasteiger partial charge >= 0.3 is 0 Å². The van der Waals surface area contributed by atoms with Gasteiger partial charge in [0.25, 0.3) is 0 Å². The Hall–Kier alpha value is -1.16. The van der Waals surface area contributed by atoms with Gasteiger partial charge in [0, 0.05) is 15.9 Å². The molecule has 0 amide bonds. The molecule has 0 aliphatic heterocycles. The molecule has 0 saturated carbocycles. The van der Waals surface area contributed by atoms with Gasteiger partial charge in [0.05, 0.1) is 5.52 Å². The average molecular weight is 267 g/mol. The Morgan fingerprint density at radius 3 is 2.80 bits per heavy atom. The van der Waals surface area contributed by atoms with Crippen molar-refractivity contribution in [1.29, 1.82) is 0 Å². The van der Waals surface area contributed by atoms with E-state index >= 15 is 0 Å². The van der Waals surface area contributed by atoms with E-state index in [-0.39, 0.29) is 6.04 Å². The smallest absolute Gasteiger partial charge is 0.170 e. The van der Waals surface area contributed by atoms with Gasteiger partial charge in [-0.2, -0.15) is 5.10 Å². The Labute approximate surface area is 96.2 Å². The van der Waals surface area contributed by atoms with Crippen molar-refractivity contribution in [3.63, 3.8) is 0 Å². The van der Waals surface area contributed by atoms with E-state index in [2.05, 4.69) is 21.0 Å². The summed E-state index contributed by atoms with van der Waals surface area (Å²) >= 11 is 3.39. The van der Waals surface area contributed by atoms with Gasteiger partial charge in [0.1, 0.15) is 5.69 Å². The van der Waals surface area contributed by atoms with Gasteiger partial charge in [-0.25, -0.2) is 0 Å². The maximum absolute atomic E-state index is 10.9. The van der Waals surface area contributed by atoms with Crippen LogP contribution in [-0.2, 0) is 0 Å². The standard InChI is InChI=1S/C11H11BrN2O/c1-7(2)14-11-4-3-8(12)5-9(11)10(6-15)13-14/h3-7H,1-2H3. The molecule has 1 heterocycles. The molecule has 4 heteroatoms. The summed E-state index contributed by atoms with van der Waals surface area (Å²) in [7, 11) is 0. The fourth-order valence-electron chi connectivity index (χ4n) is 1.62. The number of carbonyl (C=O) groups is 1. The van der Waals surface area contributed by atoms with E-state index in [9.17, 15) is 4.79 Å². The lowest BCUT2D eigenvalue weighted by atomic mass is 10.2. The topological polar surface area (TPSA) is 34.9 Å². The van der Waals surface area contributed by atoms with Gasteiger partial charge in [-0.3, -0.25) is 9.48 Å². The zero-order chi connectivity index (χ0) is 11.0. The average Bonchev–Trinajstić information content (AvgIpc) is 2.55. The largest absolute Gasteiger partial charge is 0.296 e. The van der Waals surface area contributed by atoms with Crippen LogP contribution in [0.15, 0.2) is 22.7 Å². The maximum atomic E-state index is 10.9. The molecule has 1 aromatic carbocycles. The molecule has 0 aliphatic carbocycles. The van der Waals surface area contributed by atoms with Crippen molar-refractivity contribution in [2.24, 2.45) is 0 Å². The number of halogens is 1. The van der Waals surface area contributed by atoms with Crippen molar-refractivity contribution in [1.82, 2.24) is 9.78 Å². The Bertz CT molecular complexity index is 517. The zero-order valence-corrected chi connectivity index (χ0v) is 10.2. The number of aldehydes is 1. The lowest BCUT2D eigenvalue weighted by molar-refractivity contribution is 0.111. The summed E-state index contributed by atoms with van der Waals surface area (Å²) in [6.07, 6.45) is 0.799. The SMILES string of the molecule is CC(C)n1nc(C=O)c2cc(Br)ccc21. The van der Waals surface area contributed by atoms with E-state index < -0.39 is 0 Å².